The fourth-order valence-electron chi connectivity index (χ4n) is 4.80. The van der Waals surface area contributed by atoms with Gasteiger partial charge >= 0.3 is 0 Å². The van der Waals surface area contributed by atoms with Crippen LogP contribution in [0.2, 0.25) is 0 Å². The van der Waals surface area contributed by atoms with E-state index in [-0.39, 0.29) is 16.7 Å². The topological polar surface area (TPSA) is 86.7 Å². The largest absolute Gasteiger partial charge is 0.389 e. The third kappa shape index (κ3) is 4.68. The highest BCUT2D eigenvalue weighted by Gasteiger charge is 2.45. The van der Waals surface area contributed by atoms with Crippen LogP contribution >= 0.6 is 0 Å². The number of rotatable bonds is 5. The monoisotopic (exact) mass is 442 g/mol. The average molecular weight is 443 g/mol. The van der Waals surface area contributed by atoms with E-state index in [0.717, 1.165) is 31.2 Å². The second-order valence-electron chi connectivity index (χ2n) is 8.86. The Morgan fingerprint density at radius 3 is 2.52 bits per heavy atom. The van der Waals surface area contributed by atoms with Crippen molar-refractivity contribution < 1.29 is 18.3 Å². The van der Waals surface area contributed by atoms with Crippen LogP contribution < -0.4 is 4.72 Å². The number of amides is 1. The molecule has 4 rings (SSSR count). The zero-order valence-electron chi connectivity index (χ0n) is 17.8. The molecule has 166 valence electrons. The van der Waals surface area contributed by atoms with E-state index in [9.17, 15) is 18.3 Å². The summed E-state index contributed by atoms with van der Waals surface area (Å²) in [6.07, 6.45) is 4.28. The van der Waals surface area contributed by atoms with Crippen molar-refractivity contribution in [3.05, 3.63) is 65.7 Å². The highest BCUT2D eigenvalue weighted by atomic mass is 32.2. The molecule has 1 aliphatic carbocycles. The second-order valence-corrected chi connectivity index (χ2v) is 10.6. The first-order valence-electron chi connectivity index (χ1n) is 10.9. The minimum atomic E-state index is -3.89. The predicted octanol–water partition coefficient (Wildman–Crippen LogP) is 3.17. The van der Waals surface area contributed by atoms with Crippen LogP contribution in [0.1, 0.15) is 49.3 Å². The fourth-order valence-corrected chi connectivity index (χ4v) is 5.98. The Bertz CT molecular complexity index is 1020. The van der Waals surface area contributed by atoms with Crippen molar-refractivity contribution in [1.82, 2.24) is 9.62 Å². The van der Waals surface area contributed by atoms with Crippen LogP contribution in [0.5, 0.6) is 0 Å². The number of aliphatic hydroxyl groups is 1. The van der Waals surface area contributed by atoms with Gasteiger partial charge in [-0.1, -0.05) is 60.9 Å². The van der Waals surface area contributed by atoms with E-state index >= 15 is 0 Å². The van der Waals surface area contributed by atoms with Gasteiger partial charge < -0.3 is 10.0 Å². The Hall–Kier alpha value is -2.22. The first-order valence-corrected chi connectivity index (χ1v) is 12.4. The van der Waals surface area contributed by atoms with Crippen molar-refractivity contribution in [1.29, 1.82) is 0 Å². The average Bonchev–Trinajstić information content (AvgIpc) is 2.77. The Kier molecular flexibility index (Phi) is 6.19. The predicted molar refractivity (Wildman–Crippen MR) is 119 cm³/mol. The maximum Gasteiger partial charge on any atom is 0.245 e. The van der Waals surface area contributed by atoms with Crippen molar-refractivity contribution in [3.63, 3.8) is 0 Å². The van der Waals surface area contributed by atoms with Gasteiger partial charge in [0.1, 0.15) is 6.04 Å². The molecule has 7 heteroatoms. The van der Waals surface area contributed by atoms with Crippen LogP contribution in [0.4, 0.5) is 0 Å². The van der Waals surface area contributed by atoms with Crippen molar-refractivity contribution in [3.8, 4) is 0 Å². The lowest BCUT2D eigenvalue weighted by Crippen LogP contribution is -2.56. The molecule has 2 N–H and O–H groups in total. The molecule has 6 nitrogen and oxygen atoms in total. The zero-order chi connectivity index (χ0) is 22.1. The number of hydrogen-bond acceptors (Lipinski definition) is 4. The summed E-state index contributed by atoms with van der Waals surface area (Å²) in [5.74, 6) is -0.224. The van der Waals surface area contributed by atoms with Gasteiger partial charge in [0.05, 0.1) is 10.5 Å². The molecule has 1 saturated heterocycles. The maximum absolute atomic E-state index is 13.6. The Balaban J connectivity index is 1.60. The molecular weight excluding hydrogens is 412 g/mol. The van der Waals surface area contributed by atoms with Gasteiger partial charge in [-0.3, -0.25) is 4.79 Å². The minimum Gasteiger partial charge on any atom is -0.389 e. The molecule has 2 unspecified atom stereocenters. The molecule has 1 amide bonds. The lowest BCUT2D eigenvalue weighted by molar-refractivity contribution is -0.145. The van der Waals surface area contributed by atoms with Crippen molar-refractivity contribution >= 4 is 15.9 Å². The standard InChI is InChI=1S/C24H30N2O4S/c1-18-10-12-21(13-11-18)31(29,30)25-22(19-7-3-2-4-8-19)23(27)26-16-15-24(28)14-6-5-9-20(24)17-26/h2-4,7-8,10-13,20,22,25,28H,5-6,9,14-17H2,1H3/t20?,22-,24?/m0/s1. The summed E-state index contributed by atoms with van der Waals surface area (Å²) in [7, 11) is -3.89. The van der Waals surface area contributed by atoms with Crippen molar-refractivity contribution in [2.75, 3.05) is 13.1 Å². The molecule has 1 heterocycles. The number of fused-ring (bicyclic) bond motifs is 1. The highest BCUT2D eigenvalue weighted by Crippen LogP contribution is 2.40. The number of likely N-dealkylation sites (tertiary alicyclic amines) is 1. The van der Waals surface area contributed by atoms with Crippen LogP contribution in [0.3, 0.4) is 0 Å². The van der Waals surface area contributed by atoms with Gasteiger partial charge in [-0.05, 0) is 43.9 Å². The third-order valence-corrected chi connectivity index (χ3v) is 8.16. The van der Waals surface area contributed by atoms with E-state index in [4.69, 9.17) is 0 Å². The summed E-state index contributed by atoms with van der Waals surface area (Å²) in [6.45, 7) is 2.79. The molecule has 1 aliphatic heterocycles. The smallest absolute Gasteiger partial charge is 0.245 e. The number of sulfonamides is 1. The van der Waals surface area contributed by atoms with E-state index in [0.29, 0.717) is 25.1 Å². The van der Waals surface area contributed by atoms with E-state index < -0.39 is 21.7 Å². The van der Waals surface area contributed by atoms with Crippen LogP contribution in [-0.2, 0) is 14.8 Å². The number of piperidine rings is 1. The number of nitrogens with zero attached hydrogens (tertiary/aromatic N) is 1. The molecule has 31 heavy (non-hydrogen) atoms. The molecule has 1 saturated carbocycles. The molecule has 2 fully saturated rings. The summed E-state index contributed by atoms with van der Waals surface area (Å²) < 4.78 is 28.8. The van der Waals surface area contributed by atoms with Gasteiger partial charge in [0.25, 0.3) is 0 Å². The molecule has 0 aromatic heterocycles. The SMILES string of the molecule is Cc1ccc(S(=O)(=O)N[C@H](C(=O)N2CCC3(O)CCCCC3C2)c2ccccc2)cc1. The van der Waals surface area contributed by atoms with Gasteiger partial charge in [-0.15, -0.1) is 0 Å². The van der Waals surface area contributed by atoms with Crippen LogP contribution in [-0.4, -0.2) is 43.0 Å². The van der Waals surface area contributed by atoms with E-state index in [1.54, 1.807) is 53.4 Å². The summed E-state index contributed by atoms with van der Waals surface area (Å²) in [6, 6.07) is 14.5. The number of carbonyl (C=O) groups excluding carboxylic acids is 1. The summed E-state index contributed by atoms with van der Waals surface area (Å²) in [5, 5.41) is 11.0. The van der Waals surface area contributed by atoms with Gasteiger partial charge in [0, 0.05) is 19.0 Å². The first kappa shape index (κ1) is 22.0. The number of carbonyl (C=O) groups is 1. The summed E-state index contributed by atoms with van der Waals surface area (Å²) in [5.41, 5.74) is 0.870. The maximum atomic E-state index is 13.6. The highest BCUT2D eigenvalue weighted by molar-refractivity contribution is 7.89. The van der Waals surface area contributed by atoms with E-state index in [1.807, 2.05) is 13.0 Å². The van der Waals surface area contributed by atoms with Gasteiger partial charge in [-0.25, -0.2) is 8.42 Å². The van der Waals surface area contributed by atoms with Crippen LogP contribution in [0.15, 0.2) is 59.5 Å². The number of nitrogens with one attached hydrogen (secondary N) is 1. The fraction of sp³-hybridized carbons (Fsp3) is 0.458. The third-order valence-electron chi connectivity index (χ3n) is 6.72. The van der Waals surface area contributed by atoms with Crippen molar-refractivity contribution in [2.24, 2.45) is 5.92 Å². The zero-order valence-corrected chi connectivity index (χ0v) is 18.6. The van der Waals surface area contributed by atoms with Crippen LogP contribution in [0.25, 0.3) is 0 Å². The minimum absolute atomic E-state index is 0.0454. The molecule has 3 atom stereocenters. The lowest BCUT2D eigenvalue weighted by atomic mass is 9.71. The Morgan fingerprint density at radius 1 is 1.10 bits per heavy atom. The van der Waals surface area contributed by atoms with E-state index in [2.05, 4.69) is 4.72 Å². The molecule has 2 aromatic rings. The quantitative estimate of drug-likeness (QED) is 0.745. The molecule has 0 bridgehead atoms. The van der Waals surface area contributed by atoms with E-state index in [1.165, 1.54) is 0 Å². The Morgan fingerprint density at radius 2 is 1.81 bits per heavy atom. The molecule has 0 radical (unpaired) electrons. The second kappa shape index (κ2) is 8.73. The normalized spacial score (nSPS) is 25.0. The molecular formula is C24H30N2O4S. The van der Waals surface area contributed by atoms with Gasteiger partial charge in [0.15, 0.2) is 0 Å². The van der Waals surface area contributed by atoms with Gasteiger partial charge in [0.2, 0.25) is 15.9 Å². The number of benzene rings is 2. The number of hydrogen-bond donors (Lipinski definition) is 2. The van der Waals surface area contributed by atoms with Crippen LogP contribution in [0, 0.1) is 12.8 Å². The summed E-state index contributed by atoms with van der Waals surface area (Å²) >= 11 is 0. The first-order chi connectivity index (χ1) is 14.8. The Labute approximate surface area is 184 Å². The molecule has 2 aliphatic rings. The molecule has 0 spiro atoms. The van der Waals surface area contributed by atoms with Crippen molar-refractivity contribution in [2.45, 2.75) is 55.6 Å². The summed E-state index contributed by atoms with van der Waals surface area (Å²) in [4.78, 5) is 15.4. The lowest BCUT2D eigenvalue weighted by Gasteiger charge is -2.48. The van der Waals surface area contributed by atoms with Gasteiger partial charge in [-0.2, -0.15) is 4.72 Å². The number of aryl methyl sites for hydroxylation is 1. The molecule has 2 aromatic carbocycles.